The van der Waals surface area contributed by atoms with Crippen LogP contribution in [-0.2, 0) is 0 Å². The van der Waals surface area contributed by atoms with E-state index in [2.05, 4.69) is 10.4 Å². The van der Waals surface area contributed by atoms with Crippen molar-refractivity contribution in [2.75, 3.05) is 12.3 Å². The lowest BCUT2D eigenvalue weighted by Crippen LogP contribution is -2.22. The Hall–Kier alpha value is -2.30. The van der Waals surface area contributed by atoms with Gasteiger partial charge in [0.25, 0.3) is 5.91 Å². The number of benzene rings is 1. The van der Waals surface area contributed by atoms with Crippen LogP contribution in [0.2, 0.25) is 0 Å². The van der Waals surface area contributed by atoms with Crippen molar-refractivity contribution >= 4 is 11.6 Å². The van der Waals surface area contributed by atoms with Crippen LogP contribution in [0.4, 0.5) is 5.69 Å². The van der Waals surface area contributed by atoms with Gasteiger partial charge in [-0.2, -0.15) is 5.10 Å². The zero-order valence-electron chi connectivity index (χ0n) is 12.3. The molecule has 5 heteroatoms. The van der Waals surface area contributed by atoms with Crippen molar-refractivity contribution in [3.05, 3.63) is 40.7 Å². The van der Waals surface area contributed by atoms with E-state index in [0.717, 1.165) is 22.6 Å². The minimum atomic E-state index is -0.115. The molecular formula is C15H20N4O. The number of aromatic nitrogens is 2. The van der Waals surface area contributed by atoms with Crippen molar-refractivity contribution < 1.29 is 4.79 Å². The maximum absolute atomic E-state index is 11.8. The van der Waals surface area contributed by atoms with Crippen molar-refractivity contribution in [2.24, 2.45) is 0 Å². The molecule has 0 aliphatic heterocycles. The molecule has 0 atom stereocenters. The second kappa shape index (κ2) is 5.36. The van der Waals surface area contributed by atoms with Gasteiger partial charge < -0.3 is 11.1 Å². The zero-order valence-corrected chi connectivity index (χ0v) is 12.3. The number of hydrogen-bond donors (Lipinski definition) is 2. The molecule has 2 aromatic rings. The summed E-state index contributed by atoms with van der Waals surface area (Å²) < 4.78 is 1.82. The van der Waals surface area contributed by atoms with Crippen LogP contribution in [-0.4, -0.2) is 22.2 Å². The van der Waals surface area contributed by atoms with Crippen molar-refractivity contribution in [2.45, 2.75) is 27.7 Å². The summed E-state index contributed by atoms with van der Waals surface area (Å²) in [6.07, 6.45) is 0. The second-order valence-electron chi connectivity index (χ2n) is 4.84. The van der Waals surface area contributed by atoms with Crippen LogP contribution < -0.4 is 11.1 Å². The number of hydrogen-bond acceptors (Lipinski definition) is 3. The summed E-state index contributed by atoms with van der Waals surface area (Å²) in [5.41, 5.74) is 11.2. The molecule has 1 aromatic carbocycles. The smallest absolute Gasteiger partial charge is 0.251 e. The predicted molar refractivity (Wildman–Crippen MR) is 80.2 cm³/mol. The Morgan fingerprint density at radius 1 is 1.35 bits per heavy atom. The first kappa shape index (κ1) is 14.1. The Morgan fingerprint density at radius 3 is 2.55 bits per heavy atom. The Balaban J connectivity index is 2.44. The third-order valence-corrected chi connectivity index (χ3v) is 3.51. The van der Waals surface area contributed by atoms with Gasteiger partial charge in [0.2, 0.25) is 0 Å². The number of nitrogens with two attached hydrogens (primary N) is 1. The van der Waals surface area contributed by atoms with Gasteiger partial charge in [-0.3, -0.25) is 4.79 Å². The van der Waals surface area contributed by atoms with Gasteiger partial charge in [-0.15, -0.1) is 0 Å². The van der Waals surface area contributed by atoms with E-state index in [1.165, 1.54) is 0 Å². The van der Waals surface area contributed by atoms with Crippen molar-refractivity contribution in [1.82, 2.24) is 15.1 Å². The Bertz CT molecular complexity index is 658. The molecule has 3 N–H and O–H groups in total. The first-order valence-corrected chi connectivity index (χ1v) is 6.66. The molecule has 1 heterocycles. The van der Waals surface area contributed by atoms with E-state index >= 15 is 0 Å². The molecular weight excluding hydrogens is 252 g/mol. The lowest BCUT2D eigenvalue weighted by Gasteiger charge is -2.10. The second-order valence-corrected chi connectivity index (χ2v) is 4.84. The number of carbonyl (C=O) groups is 1. The third-order valence-electron chi connectivity index (χ3n) is 3.51. The molecule has 0 saturated carbocycles. The Labute approximate surface area is 118 Å². The summed E-state index contributed by atoms with van der Waals surface area (Å²) in [6, 6.07) is 5.29. The fourth-order valence-corrected chi connectivity index (χ4v) is 2.11. The van der Waals surface area contributed by atoms with Crippen LogP contribution in [0, 0.1) is 20.8 Å². The highest BCUT2D eigenvalue weighted by molar-refractivity contribution is 5.95. The number of aryl methyl sites for hydroxylation is 1. The van der Waals surface area contributed by atoms with Gasteiger partial charge in [0, 0.05) is 17.8 Å². The molecule has 106 valence electrons. The van der Waals surface area contributed by atoms with E-state index < -0.39 is 0 Å². The monoisotopic (exact) mass is 272 g/mol. The topological polar surface area (TPSA) is 72.9 Å². The quantitative estimate of drug-likeness (QED) is 0.841. The molecule has 0 spiro atoms. The normalized spacial score (nSPS) is 10.6. The highest BCUT2D eigenvalue weighted by Gasteiger charge is 2.13. The first-order valence-electron chi connectivity index (χ1n) is 6.66. The van der Waals surface area contributed by atoms with Gasteiger partial charge in [-0.05, 0) is 51.5 Å². The van der Waals surface area contributed by atoms with E-state index in [1.54, 1.807) is 12.1 Å². The van der Waals surface area contributed by atoms with Gasteiger partial charge in [0.1, 0.15) is 0 Å². The fourth-order valence-electron chi connectivity index (χ4n) is 2.11. The standard InChI is InChI=1S/C15H20N4O/c1-5-17-15(20)12-6-7-14(13(16)8-12)19-11(4)9(2)10(3)18-19/h6-8H,5,16H2,1-4H3,(H,17,20). The van der Waals surface area contributed by atoms with E-state index in [4.69, 9.17) is 5.73 Å². The number of anilines is 1. The van der Waals surface area contributed by atoms with Gasteiger partial charge >= 0.3 is 0 Å². The summed E-state index contributed by atoms with van der Waals surface area (Å²) in [5, 5.41) is 7.24. The Kier molecular flexibility index (Phi) is 3.79. The molecule has 5 nitrogen and oxygen atoms in total. The van der Waals surface area contributed by atoms with Crippen LogP contribution in [0.3, 0.4) is 0 Å². The summed E-state index contributed by atoms with van der Waals surface area (Å²) >= 11 is 0. The van der Waals surface area contributed by atoms with Crippen molar-refractivity contribution in [1.29, 1.82) is 0 Å². The van der Waals surface area contributed by atoms with Crippen molar-refractivity contribution in [3.63, 3.8) is 0 Å². The number of rotatable bonds is 3. The van der Waals surface area contributed by atoms with Gasteiger partial charge in [0.05, 0.1) is 17.1 Å². The zero-order chi connectivity index (χ0) is 14.9. The molecule has 0 bridgehead atoms. The van der Waals surface area contributed by atoms with Crippen LogP contribution in [0.5, 0.6) is 0 Å². The lowest BCUT2D eigenvalue weighted by atomic mass is 10.1. The van der Waals surface area contributed by atoms with Crippen LogP contribution in [0.25, 0.3) is 5.69 Å². The summed E-state index contributed by atoms with van der Waals surface area (Å²) in [7, 11) is 0. The fraction of sp³-hybridized carbons (Fsp3) is 0.333. The predicted octanol–water partition coefficient (Wildman–Crippen LogP) is 2.13. The van der Waals surface area contributed by atoms with Crippen molar-refractivity contribution in [3.8, 4) is 5.69 Å². The highest BCUT2D eigenvalue weighted by atomic mass is 16.1. The Morgan fingerprint density at radius 2 is 2.05 bits per heavy atom. The van der Waals surface area contributed by atoms with Crippen LogP contribution in [0.1, 0.15) is 34.2 Å². The molecule has 2 rings (SSSR count). The first-order chi connectivity index (χ1) is 9.45. The molecule has 0 saturated heterocycles. The number of nitrogen functional groups attached to an aromatic ring is 1. The largest absolute Gasteiger partial charge is 0.397 e. The SMILES string of the molecule is CCNC(=O)c1ccc(-n2nc(C)c(C)c2C)c(N)c1. The lowest BCUT2D eigenvalue weighted by molar-refractivity contribution is 0.0956. The summed E-state index contributed by atoms with van der Waals surface area (Å²) in [6.45, 7) is 8.49. The summed E-state index contributed by atoms with van der Waals surface area (Å²) in [5.74, 6) is -0.115. The average molecular weight is 272 g/mol. The van der Waals surface area contributed by atoms with E-state index in [1.807, 2.05) is 38.4 Å². The van der Waals surface area contributed by atoms with Crippen LogP contribution in [0.15, 0.2) is 18.2 Å². The highest BCUT2D eigenvalue weighted by Crippen LogP contribution is 2.22. The minimum absolute atomic E-state index is 0.115. The number of amides is 1. The van der Waals surface area contributed by atoms with Gasteiger partial charge in [-0.1, -0.05) is 0 Å². The van der Waals surface area contributed by atoms with Crippen LogP contribution >= 0.6 is 0 Å². The number of nitrogens with zero attached hydrogens (tertiary/aromatic N) is 2. The molecule has 0 fully saturated rings. The number of carbonyl (C=O) groups excluding carboxylic acids is 1. The maximum Gasteiger partial charge on any atom is 0.251 e. The molecule has 0 radical (unpaired) electrons. The molecule has 20 heavy (non-hydrogen) atoms. The molecule has 0 unspecified atom stereocenters. The van der Waals surface area contributed by atoms with E-state index in [-0.39, 0.29) is 5.91 Å². The maximum atomic E-state index is 11.8. The molecule has 0 aliphatic carbocycles. The van der Waals surface area contributed by atoms with E-state index in [0.29, 0.717) is 17.8 Å². The summed E-state index contributed by atoms with van der Waals surface area (Å²) in [4.78, 5) is 11.8. The third kappa shape index (κ3) is 2.39. The minimum Gasteiger partial charge on any atom is -0.397 e. The van der Waals surface area contributed by atoms with E-state index in [9.17, 15) is 4.79 Å². The molecule has 1 amide bonds. The van der Waals surface area contributed by atoms with Gasteiger partial charge in [0.15, 0.2) is 0 Å². The van der Waals surface area contributed by atoms with Gasteiger partial charge in [-0.25, -0.2) is 4.68 Å². The molecule has 1 aromatic heterocycles. The average Bonchev–Trinajstić information content (AvgIpc) is 2.66. The molecule has 0 aliphatic rings. The number of nitrogens with one attached hydrogen (secondary N) is 1.